The highest BCUT2D eigenvalue weighted by atomic mass is 35.5. The molecular formula is C15H14ClNS2. The third-order valence-electron chi connectivity index (χ3n) is 2.85. The summed E-state index contributed by atoms with van der Waals surface area (Å²) in [5.74, 6) is 0. The molecule has 1 unspecified atom stereocenters. The molecule has 4 heteroatoms. The lowest BCUT2D eigenvalue weighted by atomic mass is 9.99. The maximum absolute atomic E-state index is 5.92. The van der Waals surface area contributed by atoms with E-state index in [-0.39, 0.29) is 6.04 Å². The zero-order valence-corrected chi connectivity index (χ0v) is 12.7. The highest BCUT2D eigenvalue weighted by Gasteiger charge is 2.12. The summed E-state index contributed by atoms with van der Waals surface area (Å²) in [6, 6.07) is 18.2. The Kier molecular flexibility index (Phi) is 5.25. The van der Waals surface area contributed by atoms with Crippen LogP contribution in [0.3, 0.4) is 0 Å². The minimum absolute atomic E-state index is 0.102. The van der Waals surface area contributed by atoms with Gasteiger partial charge in [0.15, 0.2) is 0 Å². The van der Waals surface area contributed by atoms with E-state index in [9.17, 15) is 0 Å². The summed E-state index contributed by atoms with van der Waals surface area (Å²) in [6.07, 6.45) is 0.850. The van der Waals surface area contributed by atoms with Crippen LogP contribution in [0.4, 0.5) is 0 Å². The van der Waals surface area contributed by atoms with Crippen molar-refractivity contribution in [1.29, 1.82) is 0 Å². The molecule has 0 radical (unpaired) electrons. The van der Waals surface area contributed by atoms with Crippen molar-refractivity contribution in [3.05, 3.63) is 70.7 Å². The van der Waals surface area contributed by atoms with E-state index in [1.165, 1.54) is 5.56 Å². The Hall–Kier alpha value is -1.03. The summed E-state index contributed by atoms with van der Waals surface area (Å²) < 4.78 is 0.496. The molecule has 2 aromatic rings. The standard InChI is InChI=1S/C15H14ClNS2/c16-13-8-6-12(7-9-13)14(17-15(18)19)10-11-4-2-1-3-5-11/h1-9,14H,10H2,(H2,17,18,19). The molecule has 0 aliphatic heterocycles. The zero-order chi connectivity index (χ0) is 13.7. The van der Waals surface area contributed by atoms with Gasteiger partial charge in [0.05, 0.1) is 6.04 Å². The molecule has 1 atom stereocenters. The van der Waals surface area contributed by atoms with Gasteiger partial charge < -0.3 is 5.32 Å². The summed E-state index contributed by atoms with van der Waals surface area (Å²) in [7, 11) is 0. The fourth-order valence-electron chi connectivity index (χ4n) is 1.95. The Balaban J connectivity index is 2.20. The van der Waals surface area contributed by atoms with Crippen molar-refractivity contribution in [1.82, 2.24) is 5.32 Å². The van der Waals surface area contributed by atoms with Crippen LogP contribution in [0, 0.1) is 0 Å². The zero-order valence-electron chi connectivity index (χ0n) is 10.2. The van der Waals surface area contributed by atoms with Crippen molar-refractivity contribution in [3.63, 3.8) is 0 Å². The molecule has 0 fully saturated rings. The molecule has 19 heavy (non-hydrogen) atoms. The summed E-state index contributed by atoms with van der Waals surface area (Å²) in [5.41, 5.74) is 2.39. The van der Waals surface area contributed by atoms with E-state index in [0.29, 0.717) is 4.32 Å². The van der Waals surface area contributed by atoms with Crippen molar-refractivity contribution < 1.29 is 0 Å². The number of thiol groups is 1. The van der Waals surface area contributed by atoms with Crippen molar-refractivity contribution in [2.45, 2.75) is 12.5 Å². The second-order valence-corrected chi connectivity index (χ2v) is 5.84. The Morgan fingerprint density at radius 1 is 1.11 bits per heavy atom. The van der Waals surface area contributed by atoms with Crippen molar-refractivity contribution in [3.8, 4) is 0 Å². The van der Waals surface area contributed by atoms with E-state index in [1.807, 2.05) is 42.5 Å². The second kappa shape index (κ2) is 6.94. The summed E-state index contributed by atoms with van der Waals surface area (Å²) in [4.78, 5) is 0. The molecule has 1 nitrogen and oxygen atoms in total. The van der Waals surface area contributed by atoms with Crippen LogP contribution >= 0.6 is 36.4 Å². The number of hydrogen-bond acceptors (Lipinski definition) is 1. The first-order chi connectivity index (χ1) is 9.15. The fraction of sp³-hybridized carbons (Fsp3) is 0.133. The molecule has 2 rings (SSSR count). The number of hydrogen-bond donors (Lipinski definition) is 2. The molecule has 0 saturated carbocycles. The first-order valence-corrected chi connectivity index (χ1v) is 7.17. The van der Waals surface area contributed by atoms with Crippen LogP contribution in [0.5, 0.6) is 0 Å². The largest absolute Gasteiger partial charge is 0.364 e. The van der Waals surface area contributed by atoms with E-state index in [0.717, 1.165) is 17.0 Å². The van der Waals surface area contributed by atoms with Gasteiger partial charge >= 0.3 is 0 Å². The van der Waals surface area contributed by atoms with Gasteiger partial charge in [-0.05, 0) is 29.7 Å². The molecule has 0 spiro atoms. The van der Waals surface area contributed by atoms with Crippen LogP contribution in [0.1, 0.15) is 17.2 Å². The first kappa shape index (κ1) is 14.4. The number of rotatable bonds is 4. The molecule has 0 aliphatic carbocycles. The lowest BCUT2D eigenvalue weighted by Crippen LogP contribution is -2.25. The van der Waals surface area contributed by atoms with Gasteiger partial charge in [0.2, 0.25) is 0 Å². The van der Waals surface area contributed by atoms with E-state index in [2.05, 4.69) is 30.1 Å². The molecule has 1 N–H and O–H groups in total. The van der Waals surface area contributed by atoms with Crippen molar-refractivity contribution in [2.75, 3.05) is 0 Å². The highest BCUT2D eigenvalue weighted by molar-refractivity contribution is 8.11. The van der Waals surface area contributed by atoms with Crippen LogP contribution in [0.25, 0.3) is 0 Å². The Morgan fingerprint density at radius 2 is 1.74 bits per heavy atom. The SMILES string of the molecule is S=C(S)NC(Cc1ccccc1)c1ccc(Cl)cc1. The third kappa shape index (κ3) is 4.53. The molecule has 0 saturated heterocycles. The lowest BCUT2D eigenvalue weighted by Gasteiger charge is -2.19. The van der Waals surface area contributed by atoms with Crippen LogP contribution in [0.15, 0.2) is 54.6 Å². The molecule has 0 amide bonds. The van der Waals surface area contributed by atoms with Crippen LogP contribution in [-0.2, 0) is 6.42 Å². The molecule has 0 aromatic heterocycles. The number of benzene rings is 2. The molecule has 0 bridgehead atoms. The van der Waals surface area contributed by atoms with Gasteiger partial charge in [-0.2, -0.15) is 0 Å². The highest BCUT2D eigenvalue weighted by Crippen LogP contribution is 2.21. The quantitative estimate of drug-likeness (QED) is 0.640. The predicted molar refractivity (Wildman–Crippen MR) is 89.1 cm³/mol. The maximum Gasteiger partial charge on any atom is 0.131 e. The van der Waals surface area contributed by atoms with E-state index < -0.39 is 0 Å². The topological polar surface area (TPSA) is 12.0 Å². The minimum atomic E-state index is 0.102. The van der Waals surface area contributed by atoms with Crippen molar-refractivity contribution >= 4 is 40.8 Å². The number of halogens is 1. The fourth-order valence-corrected chi connectivity index (χ4v) is 2.37. The van der Waals surface area contributed by atoms with Crippen LogP contribution in [0.2, 0.25) is 5.02 Å². The Labute approximate surface area is 129 Å². The summed E-state index contributed by atoms with van der Waals surface area (Å²) in [6.45, 7) is 0. The molecular weight excluding hydrogens is 294 g/mol. The van der Waals surface area contributed by atoms with Gasteiger partial charge in [0.25, 0.3) is 0 Å². The van der Waals surface area contributed by atoms with Gasteiger partial charge in [0.1, 0.15) is 4.32 Å². The average molecular weight is 308 g/mol. The van der Waals surface area contributed by atoms with Gasteiger partial charge in [-0.15, -0.1) is 12.6 Å². The summed E-state index contributed by atoms with van der Waals surface area (Å²) >= 11 is 15.1. The lowest BCUT2D eigenvalue weighted by molar-refractivity contribution is 0.653. The maximum atomic E-state index is 5.92. The first-order valence-electron chi connectivity index (χ1n) is 5.94. The normalized spacial score (nSPS) is 11.9. The van der Waals surface area contributed by atoms with E-state index >= 15 is 0 Å². The number of nitrogens with one attached hydrogen (secondary N) is 1. The van der Waals surface area contributed by atoms with E-state index in [1.54, 1.807) is 0 Å². The molecule has 0 heterocycles. The summed E-state index contributed by atoms with van der Waals surface area (Å²) in [5, 5.41) is 3.95. The van der Waals surface area contributed by atoms with Gasteiger partial charge in [-0.25, -0.2) is 0 Å². The minimum Gasteiger partial charge on any atom is -0.364 e. The average Bonchev–Trinajstić information content (AvgIpc) is 2.39. The van der Waals surface area contributed by atoms with Crippen LogP contribution in [-0.4, -0.2) is 4.32 Å². The second-order valence-electron chi connectivity index (χ2n) is 4.24. The third-order valence-corrected chi connectivity index (χ3v) is 3.35. The Morgan fingerprint density at radius 3 is 2.32 bits per heavy atom. The Bertz CT molecular complexity index is 540. The van der Waals surface area contributed by atoms with Gasteiger partial charge in [-0.1, -0.05) is 66.3 Å². The van der Waals surface area contributed by atoms with Crippen molar-refractivity contribution in [2.24, 2.45) is 0 Å². The van der Waals surface area contributed by atoms with Gasteiger partial charge in [0, 0.05) is 5.02 Å². The molecule has 98 valence electrons. The molecule has 0 aliphatic rings. The monoisotopic (exact) mass is 307 g/mol. The van der Waals surface area contributed by atoms with Crippen LogP contribution < -0.4 is 5.32 Å². The molecule has 2 aromatic carbocycles. The van der Waals surface area contributed by atoms with Gasteiger partial charge in [-0.3, -0.25) is 0 Å². The van der Waals surface area contributed by atoms with E-state index in [4.69, 9.17) is 23.8 Å². The smallest absolute Gasteiger partial charge is 0.131 e. The predicted octanol–water partition coefficient (Wildman–Crippen LogP) is 4.43. The number of thiocarbonyl (C=S) groups is 1.